The minimum absolute atomic E-state index is 1.02. The molecule has 2 rings (SSSR count). The maximum absolute atomic E-state index is 3.54. The van der Waals surface area contributed by atoms with Crippen LogP contribution >= 0.6 is 27.3 Å². The van der Waals surface area contributed by atoms with E-state index in [2.05, 4.69) is 32.7 Å². The van der Waals surface area contributed by atoms with Gasteiger partial charge in [0.05, 0.1) is 0 Å². The van der Waals surface area contributed by atoms with Crippen LogP contribution in [0.4, 0.5) is 0 Å². The van der Waals surface area contributed by atoms with Gasteiger partial charge in [-0.05, 0) is 46.3 Å². The number of thiophene rings is 1. The van der Waals surface area contributed by atoms with E-state index in [0.717, 1.165) is 12.5 Å². The second-order valence-corrected chi connectivity index (χ2v) is 5.81. The maximum Gasteiger partial charge on any atom is 0.0327 e. The highest BCUT2D eigenvalue weighted by atomic mass is 79.9. The van der Waals surface area contributed by atoms with Crippen molar-refractivity contribution in [3.05, 3.63) is 20.8 Å². The van der Waals surface area contributed by atoms with Gasteiger partial charge in [-0.15, -0.1) is 11.3 Å². The average Bonchev–Trinajstić information content (AvgIpc) is 2.48. The Labute approximate surface area is 98.0 Å². The van der Waals surface area contributed by atoms with Crippen molar-refractivity contribution in [2.24, 2.45) is 5.92 Å². The molecule has 1 aliphatic rings. The van der Waals surface area contributed by atoms with E-state index in [9.17, 15) is 0 Å². The maximum atomic E-state index is 3.54. The van der Waals surface area contributed by atoms with Gasteiger partial charge in [0.15, 0.2) is 0 Å². The van der Waals surface area contributed by atoms with Gasteiger partial charge in [-0.3, -0.25) is 0 Å². The normalized spacial score (nSPS) is 16.9. The van der Waals surface area contributed by atoms with E-state index >= 15 is 0 Å². The molecule has 1 aliphatic carbocycles. The number of hydrogen-bond donors (Lipinski definition) is 1. The van der Waals surface area contributed by atoms with Crippen molar-refractivity contribution in [2.75, 3.05) is 6.54 Å². The molecule has 3 heteroatoms. The van der Waals surface area contributed by atoms with Crippen LogP contribution in [0.1, 0.15) is 30.6 Å². The molecule has 1 heterocycles. The van der Waals surface area contributed by atoms with Gasteiger partial charge in [0, 0.05) is 15.9 Å². The highest BCUT2D eigenvalue weighted by Crippen LogP contribution is 2.28. The Hall–Kier alpha value is 0.140. The standard InChI is InChI=1S/C11H16BrNS/c12-10-5-7-14-11(10)8-13-6-4-9-2-1-3-9/h5,7,9,13H,1-4,6,8H2. The fourth-order valence-electron chi connectivity index (χ4n) is 1.74. The Balaban J connectivity index is 1.60. The zero-order valence-corrected chi connectivity index (χ0v) is 10.7. The van der Waals surface area contributed by atoms with Gasteiger partial charge >= 0.3 is 0 Å². The van der Waals surface area contributed by atoms with Crippen LogP contribution in [0.5, 0.6) is 0 Å². The predicted molar refractivity (Wildman–Crippen MR) is 65.7 cm³/mol. The van der Waals surface area contributed by atoms with Gasteiger partial charge in [0.25, 0.3) is 0 Å². The van der Waals surface area contributed by atoms with E-state index in [1.807, 2.05) is 11.3 Å². The van der Waals surface area contributed by atoms with Gasteiger partial charge in [-0.2, -0.15) is 0 Å². The van der Waals surface area contributed by atoms with Crippen molar-refractivity contribution in [3.8, 4) is 0 Å². The lowest BCUT2D eigenvalue weighted by Gasteiger charge is -2.25. The summed E-state index contributed by atoms with van der Waals surface area (Å²) < 4.78 is 1.25. The van der Waals surface area contributed by atoms with Crippen molar-refractivity contribution in [2.45, 2.75) is 32.2 Å². The molecule has 0 saturated heterocycles. The summed E-state index contributed by atoms with van der Waals surface area (Å²) in [6, 6.07) is 2.12. The van der Waals surface area contributed by atoms with Crippen LogP contribution in [-0.4, -0.2) is 6.54 Å². The van der Waals surface area contributed by atoms with Gasteiger partial charge in [0.1, 0.15) is 0 Å². The van der Waals surface area contributed by atoms with Crippen molar-refractivity contribution < 1.29 is 0 Å². The first-order valence-corrected chi connectivity index (χ1v) is 6.96. The molecule has 0 bridgehead atoms. The molecule has 1 N–H and O–H groups in total. The minimum atomic E-state index is 1.02. The highest BCUT2D eigenvalue weighted by molar-refractivity contribution is 9.10. The summed E-state index contributed by atoms with van der Waals surface area (Å²) in [5.74, 6) is 1.02. The average molecular weight is 274 g/mol. The van der Waals surface area contributed by atoms with Crippen LogP contribution < -0.4 is 5.32 Å². The quantitative estimate of drug-likeness (QED) is 0.805. The van der Waals surface area contributed by atoms with E-state index in [0.29, 0.717) is 0 Å². The van der Waals surface area contributed by atoms with Crippen molar-refractivity contribution in [1.29, 1.82) is 0 Å². The van der Waals surface area contributed by atoms with Crippen LogP contribution in [0.15, 0.2) is 15.9 Å². The summed E-state index contributed by atoms with van der Waals surface area (Å²) in [6.45, 7) is 2.19. The Morgan fingerprint density at radius 2 is 2.36 bits per heavy atom. The fourth-order valence-corrected chi connectivity index (χ4v) is 3.20. The molecule has 0 atom stereocenters. The molecule has 0 radical (unpaired) electrons. The molecule has 0 unspecified atom stereocenters. The Morgan fingerprint density at radius 3 is 2.93 bits per heavy atom. The van der Waals surface area contributed by atoms with Crippen LogP contribution in [0.2, 0.25) is 0 Å². The first-order chi connectivity index (χ1) is 6.86. The molecule has 1 nitrogen and oxygen atoms in total. The van der Waals surface area contributed by atoms with Gasteiger partial charge in [-0.1, -0.05) is 19.3 Å². The van der Waals surface area contributed by atoms with Crippen LogP contribution in [0.25, 0.3) is 0 Å². The highest BCUT2D eigenvalue weighted by Gasteiger charge is 2.16. The van der Waals surface area contributed by atoms with E-state index in [-0.39, 0.29) is 0 Å². The third-order valence-electron chi connectivity index (χ3n) is 2.93. The molecular weight excluding hydrogens is 258 g/mol. The summed E-state index contributed by atoms with van der Waals surface area (Å²) in [5, 5.41) is 5.64. The lowest BCUT2D eigenvalue weighted by Crippen LogP contribution is -2.20. The molecule has 0 spiro atoms. The third kappa shape index (κ3) is 2.81. The zero-order valence-electron chi connectivity index (χ0n) is 8.26. The topological polar surface area (TPSA) is 12.0 Å². The molecule has 1 fully saturated rings. The summed E-state index contributed by atoms with van der Waals surface area (Å²) in [6.07, 6.45) is 5.75. The molecule has 0 amide bonds. The predicted octanol–water partition coefficient (Wildman–Crippen LogP) is 3.79. The summed E-state index contributed by atoms with van der Waals surface area (Å²) >= 11 is 5.36. The summed E-state index contributed by atoms with van der Waals surface area (Å²) in [7, 11) is 0. The molecular formula is C11H16BrNS. The molecule has 1 aromatic heterocycles. The lowest BCUT2D eigenvalue weighted by molar-refractivity contribution is 0.292. The van der Waals surface area contributed by atoms with Crippen LogP contribution in [-0.2, 0) is 6.54 Å². The first kappa shape index (κ1) is 10.7. The zero-order chi connectivity index (χ0) is 9.80. The number of halogens is 1. The van der Waals surface area contributed by atoms with Gasteiger partial charge in [0.2, 0.25) is 0 Å². The smallest absolute Gasteiger partial charge is 0.0327 e. The lowest BCUT2D eigenvalue weighted by atomic mass is 9.83. The van der Waals surface area contributed by atoms with Crippen molar-refractivity contribution in [3.63, 3.8) is 0 Å². The van der Waals surface area contributed by atoms with Crippen LogP contribution in [0.3, 0.4) is 0 Å². The van der Waals surface area contributed by atoms with E-state index in [1.165, 1.54) is 41.6 Å². The molecule has 0 aliphatic heterocycles. The number of rotatable bonds is 5. The molecule has 78 valence electrons. The molecule has 1 saturated carbocycles. The Bertz CT molecular complexity index is 281. The third-order valence-corrected chi connectivity index (χ3v) is 4.86. The second kappa shape index (κ2) is 5.29. The van der Waals surface area contributed by atoms with Crippen molar-refractivity contribution in [1.82, 2.24) is 5.32 Å². The summed E-state index contributed by atoms with van der Waals surface area (Å²) in [5.41, 5.74) is 0. The molecule has 0 aromatic carbocycles. The van der Waals surface area contributed by atoms with E-state index in [1.54, 1.807) is 0 Å². The second-order valence-electron chi connectivity index (χ2n) is 3.95. The Kier molecular flexibility index (Phi) is 4.02. The number of nitrogens with one attached hydrogen (secondary N) is 1. The minimum Gasteiger partial charge on any atom is -0.312 e. The molecule has 1 aromatic rings. The first-order valence-electron chi connectivity index (χ1n) is 5.29. The number of hydrogen-bond acceptors (Lipinski definition) is 2. The summed E-state index contributed by atoms with van der Waals surface area (Å²) in [4.78, 5) is 1.42. The van der Waals surface area contributed by atoms with E-state index < -0.39 is 0 Å². The SMILES string of the molecule is Brc1ccsc1CNCCC1CCC1. The van der Waals surface area contributed by atoms with Crippen LogP contribution in [0, 0.1) is 5.92 Å². The molecule has 14 heavy (non-hydrogen) atoms. The van der Waals surface area contributed by atoms with Gasteiger partial charge in [-0.25, -0.2) is 0 Å². The van der Waals surface area contributed by atoms with Gasteiger partial charge < -0.3 is 5.32 Å². The largest absolute Gasteiger partial charge is 0.312 e. The van der Waals surface area contributed by atoms with E-state index in [4.69, 9.17) is 0 Å². The fraction of sp³-hybridized carbons (Fsp3) is 0.636. The Morgan fingerprint density at radius 1 is 1.50 bits per heavy atom. The van der Waals surface area contributed by atoms with Crippen molar-refractivity contribution >= 4 is 27.3 Å². The monoisotopic (exact) mass is 273 g/mol.